The highest BCUT2D eigenvalue weighted by Crippen LogP contribution is 2.28. The molecule has 0 spiro atoms. The van der Waals surface area contributed by atoms with Crippen LogP contribution in [0.2, 0.25) is 0 Å². The first kappa shape index (κ1) is 11.7. The Balaban J connectivity index is 2.72. The topological polar surface area (TPSA) is 12.0 Å². The van der Waals surface area contributed by atoms with Crippen molar-refractivity contribution in [2.75, 3.05) is 6.54 Å². The van der Waals surface area contributed by atoms with Crippen molar-refractivity contribution in [3.63, 3.8) is 0 Å². The van der Waals surface area contributed by atoms with E-state index in [-0.39, 0.29) is 0 Å². The highest BCUT2D eigenvalue weighted by Gasteiger charge is 2.19. The van der Waals surface area contributed by atoms with Crippen LogP contribution in [-0.4, -0.2) is 6.54 Å². The fourth-order valence-electron chi connectivity index (χ4n) is 1.99. The minimum absolute atomic E-state index is 0.557. The van der Waals surface area contributed by atoms with Crippen LogP contribution in [0.3, 0.4) is 0 Å². The zero-order chi connectivity index (χ0) is 10.4. The van der Waals surface area contributed by atoms with Crippen molar-refractivity contribution in [2.45, 2.75) is 39.7 Å². The molecule has 1 nitrogen and oxygen atoms in total. The van der Waals surface area contributed by atoms with Gasteiger partial charge in [-0.05, 0) is 34.9 Å². The summed E-state index contributed by atoms with van der Waals surface area (Å²) in [6.07, 6.45) is 2.51. The summed E-state index contributed by atoms with van der Waals surface area (Å²) >= 11 is 1.79. The van der Waals surface area contributed by atoms with Crippen LogP contribution in [0, 0.1) is 5.92 Å². The average molecular weight is 211 g/mol. The molecule has 1 aromatic heterocycles. The lowest BCUT2D eigenvalue weighted by atomic mass is 9.90. The second kappa shape index (κ2) is 6.20. The molecule has 2 heteroatoms. The first-order valence-electron chi connectivity index (χ1n) is 5.58. The van der Waals surface area contributed by atoms with Crippen LogP contribution in [0.25, 0.3) is 0 Å². The van der Waals surface area contributed by atoms with E-state index in [1.807, 2.05) is 0 Å². The van der Waals surface area contributed by atoms with E-state index in [4.69, 9.17) is 0 Å². The van der Waals surface area contributed by atoms with Gasteiger partial charge in [0.15, 0.2) is 0 Å². The largest absolute Gasteiger partial charge is 0.310 e. The van der Waals surface area contributed by atoms with Gasteiger partial charge in [0.05, 0.1) is 0 Å². The number of nitrogens with one attached hydrogen (secondary N) is 1. The fourth-order valence-corrected chi connectivity index (χ4v) is 2.69. The van der Waals surface area contributed by atoms with Gasteiger partial charge in [0.1, 0.15) is 0 Å². The van der Waals surface area contributed by atoms with Gasteiger partial charge in [0.2, 0.25) is 0 Å². The molecule has 14 heavy (non-hydrogen) atoms. The summed E-state index contributed by atoms with van der Waals surface area (Å²) in [6.45, 7) is 7.80. The average Bonchev–Trinajstić information content (AvgIpc) is 2.71. The Bertz CT molecular complexity index is 226. The molecule has 0 saturated carbocycles. The Morgan fingerprint density at radius 1 is 1.29 bits per heavy atom. The fraction of sp³-hybridized carbons (Fsp3) is 0.667. The van der Waals surface area contributed by atoms with Gasteiger partial charge in [-0.2, -0.15) is 11.3 Å². The second-order valence-corrected chi connectivity index (χ2v) is 4.45. The molecule has 0 aliphatic rings. The first-order valence-corrected chi connectivity index (χ1v) is 6.53. The summed E-state index contributed by atoms with van der Waals surface area (Å²) in [4.78, 5) is 0. The molecule has 80 valence electrons. The summed E-state index contributed by atoms with van der Waals surface area (Å²) in [6, 6.07) is 2.80. The molecule has 1 N–H and O–H groups in total. The molecule has 1 aromatic rings. The van der Waals surface area contributed by atoms with E-state index < -0.39 is 0 Å². The molecule has 0 aromatic carbocycles. The quantitative estimate of drug-likeness (QED) is 0.754. The number of hydrogen-bond donors (Lipinski definition) is 1. The second-order valence-electron chi connectivity index (χ2n) is 3.67. The minimum atomic E-state index is 0.557. The summed E-state index contributed by atoms with van der Waals surface area (Å²) in [7, 11) is 0. The molecular formula is C12H21NS. The lowest BCUT2D eigenvalue weighted by Gasteiger charge is -2.25. The van der Waals surface area contributed by atoms with E-state index >= 15 is 0 Å². The van der Waals surface area contributed by atoms with Gasteiger partial charge >= 0.3 is 0 Å². The lowest BCUT2D eigenvalue weighted by Crippen LogP contribution is -2.27. The summed E-state index contributed by atoms with van der Waals surface area (Å²) in [5.74, 6) is 0.768. The van der Waals surface area contributed by atoms with E-state index in [0.717, 1.165) is 12.5 Å². The molecule has 0 fully saturated rings. The Hall–Kier alpha value is -0.340. The van der Waals surface area contributed by atoms with E-state index in [0.29, 0.717) is 6.04 Å². The van der Waals surface area contributed by atoms with E-state index in [9.17, 15) is 0 Å². The first-order chi connectivity index (χ1) is 6.83. The van der Waals surface area contributed by atoms with Crippen LogP contribution in [-0.2, 0) is 0 Å². The van der Waals surface area contributed by atoms with Gasteiger partial charge in [-0.15, -0.1) is 0 Å². The van der Waals surface area contributed by atoms with Gasteiger partial charge in [0.25, 0.3) is 0 Å². The third kappa shape index (κ3) is 2.82. The summed E-state index contributed by atoms with van der Waals surface area (Å²) in [5, 5.41) is 8.03. The van der Waals surface area contributed by atoms with Crippen molar-refractivity contribution >= 4 is 11.3 Å². The van der Waals surface area contributed by atoms with Crippen LogP contribution < -0.4 is 5.32 Å². The van der Waals surface area contributed by atoms with E-state index in [1.165, 1.54) is 18.4 Å². The summed E-state index contributed by atoms with van der Waals surface area (Å²) in [5.41, 5.74) is 1.46. The van der Waals surface area contributed by atoms with Gasteiger partial charge in [-0.1, -0.05) is 33.6 Å². The standard InChI is InChI=1S/C12H21NS/c1-4-10(5-2)12(13-6-3)11-7-8-14-9-11/h7-10,12-13H,4-6H2,1-3H3. The summed E-state index contributed by atoms with van der Waals surface area (Å²) < 4.78 is 0. The maximum Gasteiger partial charge on any atom is 0.0356 e. The van der Waals surface area contributed by atoms with Crippen LogP contribution >= 0.6 is 11.3 Å². The number of hydrogen-bond acceptors (Lipinski definition) is 2. The van der Waals surface area contributed by atoms with E-state index in [1.54, 1.807) is 11.3 Å². The smallest absolute Gasteiger partial charge is 0.0356 e. The minimum Gasteiger partial charge on any atom is -0.310 e. The zero-order valence-electron chi connectivity index (χ0n) is 9.42. The molecule has 1 unspecified atom stereocenters. The molecule has 0 aliphatic carbocycles. The molecule has 1 heterocycles. The van der Waals surface area contributed by atoms with Gasteiger partial charge in [0, 0.05) is 6.04 Å². The van der Waals surface area contributed by atoms with Crippen molar-refractivity contribution in [3.8, 4) is 0 Å². The molecule has 0 bridgehead atoms. The maximum atomic E-state index is 3.59. The van der Waals surface area contributed by atoms with Crippen LogP contribution in [0.4, 0.5) is 0 Å². The Morgan fingerprint density at radius 2 is 2.00 bits per heavy atom. The normalized spacial score (nSPS) is 13.4. The number of rotatable bonds is 6. The molecular weight excluding hydrogens is 190 g/mol. The van der Waals surface area contributed by atoms with Crippen LogP contribution in [0.1, 0.15) is 45.2 Å². The van der Waals surface area contributed by atoms with Crippen LogP contribution in [0.5, 0.6) is 0 Å². The predicted octanol–water partition coefficient (Wildman–Crippen LogP) is 3.83. The third-order valence-electron chi connectivity index (χ3n) is 2.85. The van der Waals surface area contributed by atoms with Gasteiger partial charge < -0.3 is 5.32 Å². The van der Waals surface area contributed by atoms with Gasteiger partial charge in [-0.25, -0.2) is 0 Å². The van der Waals surface area contributed by atoms with E-state index in [2.05, 4.69) is 42.9 Å². The SMILES string of the molecule is CCNC(c1ccsc1)C(CC)CC. The molecule has 0 radical (unpaired) electrons. The molecule has 0 amide bonds. The predicted molar refractivity (Wildman–Crippen MR) is 64.8 cm³/mol. The van der Waals surface area contributed by atoms with Crippen molar-refractivity contribution in [1.82, 2.24) is 5.32 Å². The Labute approximate surface area is 91.5 Å². The molecule has 0 saturated heterocycles. The molecule has 1 atom stereocenters. The molecule has 0 aliphatic heterocycles. The van der Waals surface area contributed by atoms with Gasteiger partial charge in [-0.3, -0.25) is 0 Å². The zero-order valence-corrected chi connectivity index (χ0v) is 10.2. The highest BCUT2D eigenvalue weighted by molar-refractivity contribution is 7.07. The maximum absolute atomic E-state index is 3.59. The monoisotopic (exact) mass is 211 g/mol. The highest BCUT2D eigenvalue weighted by atomic mass is 32.1. The Kier molecular flexibility index (Phi) is 5.20. The third-order valence-corrected chi connectivity index (χ3v) is 3.55. The lowest BCUT2D eigenvalue weighted by molar-refractivity contribution is 0.347. The van der Waals surface area contributed by atoms with Crippen molar-refractivity contribution in [2.24, 2.45) is 5.92 Å². The van der Waals surface area contributed by atoms with Crippen molar-refractivity contribution in [1.29, 1.82) is 0 Å². The number of thiophene rings is 1. The van der Waals surface area contributed by atoms with Crippen molar-refractivity contribution in [3.05, 3.63) is 22.4 Å². The molecule has 1 rings (SSSR count). The Morgan fingerprint density at radius 3 is 2.43 bits per heavy atom. The van der Waals surface area contributed by atoms with Crippen molar-refractivity contribution < 1.29 is 0 Å². The van der Waals surface area contributed by atoms with Crippen LogP contribution in [0.15, 0.2) is 16.8 Å².